The molecule has 0 atom stereocenters. The first-order chi connectivity index (χ1) is 9.96. The average Bonchev–Trinajstić information content (AvgIpc) is 2.49. The minimum Gasteiger partial charge on any atom is -0.323 e. The summed E-state index contributed by atoms with van der Waals surface area (Å²) in [7, 11) is -2.08. The zero-order valence-electron chi connectivity index (χ0n) is 11.5. The lowest BCUT2D eigenvalue weighted by atomic mass is 10.2. The van der Waals surface area contributed by atoms with Gasteiger partial charge in [0.15, 0.2) is 0 Å². The number of nitrogen functional groups attached to an aromatic ring is 1. The molecule has 0 radical (unpaired) electrons. The normalized spacial score (nSPS) is 11.6. The van der Waals surface area contributed by atoms with Crippen LogP contribution in [0.3, 0.4) is 0 Å². The Morgan fingerprint density at radius 2 is 1.76 bits per heavy atom. The van der Waals surface area contributed by atoms with Crippen molar-refractivity contribution in [2.45, 2.75) is 11.4 Å². The molecule has 0 aliphatic heterocycles. The molecular formula is C14H16BrN3O2S. The number of nitrogens with one attached hydrogen (secondary N) is 1. The molecule has 5 nitrogen and oxygen atoms in total. The predicted octanol–water partition coefficient (Wildman–Crippen LogP) is 2.56. The van der Waals surface area contributed by atoms with Gasteiger partial charge in [-0.3, -0.25) is 5.84 Å². The summed E-state index contributed by atoms with van der Waals surface area (Å²) >= 11 is 3.42. The second-order valence-electron chi connectivity index (χ2n) is 4.49. The number of anilines is 1. The third-order valence-corrected chi connectivity index (χ3v) is 5.72. The van der Waals surface area contributed by atoms with Gasteiger partial charge in [-0.05, 0) is 23.8 Å². The number of hydrogen-bond acceptors (Lipinski definition) is 4. The van der Waals surface area contributed by atoms with E-state index in [1.165, 1.54) is 10.4 Å². The Hall–Kier alpha value is -1.41. The first kappa shape index (κ1) is 16.0. The van der Waals surface area contributed by atoms with E-state index in [9.17, 15) is 8.42 Å². The van der Waals surface area contributed by atoms with Crippen LogP contribution in [0.25, 0.3) is 0 Å². The van der Waals surface area contributed by atoms with Crippen LogP contribution in [0.5, 0.6) is 0 Å². The highest BCUT2D eigenvalue weighted by molar-refractivity contribution is 9.10. The fourth-order valence-electron chi connectivity index (χ4n) is 1.93. The maximum atomic E-state index is 12.6. The van der Waals surface area contributed by atoms with Crippen LogP contribution in [-0.4, -0.2) is 19.8 Å². The first-order valence-electron chi connectivity index (χ1n) is 6.22. The van der Waals surface area contributed by atoms with E-state index in [0.29, 0.717) is 5.69 Å². The Labute approximate surface area is 132 Å². The molecule has 3 N–H and O–H groups in total. The summed E-state index contributed by atoms with van der Waals surface area (Å²) in [5.41, 5.74) is 3.68. The molecule has 0 spiro atoms. The fourth-order valence-corrected chi connectivity index (χ4v) is 3.64. The molecular weight excluding hydrogens is 354 g/mol. The third kappa shape index (κ3) is 3.44. The van der Waals surface area contributed by atoms with Gasteiger partial charge in [0, 0.05) is 18.1 Å². The second kappa shape index (κ2) is 6.57. The zero-order chi connectivity index (χ0) is 15.5. The molecule has 7 heteroatoms. The highest BCUT2D eigenvalue weighted by Crippen LogP contribution is 2.25. The zero-order valence-corrected chi connectivity index (χ0v) is 13.9. The molecule has 0 aromatic heterocycles. The minimum atomic E-state index is -3.63. The van der Waals surface area contributed by atoms with Crippen LogP contribution < -0.4 is 11.3 Å². The third-order valence-electron chi connectivity index (χ3n) is 3.08. The maximum Gasteiger partial charge on any atom is 0.245 e. The molecule has 0 aliphatic rings. The van der Waals surface area contributed by atoms with E-state index < -0.39 is 10.0 Å². The summed E-state index contributed by atoms with van der Waals surface area (Å²) in [5.74, 6) is 5.38. The smallest absolute Gasteiger partial charge is 0.245 e. The van der Waals surface area contributed by atoms with Crippen molar-refractivity contribution in [3.63, 3.8) is 0 Å². The van der Waals surface area contributed by atoms with Gasteiger partial charge < -0.3 is 5.43 Å². The number of para-hydroxylation sites is 1. The fraction of sp³-hybridized carbons (Fsp3) is 0.143. The van der Waals surface area contributed by atoms with Gasteiger partial charge in [0.2, 0.25) is 10.0 Å². The highest BCUT2D eigenvalue weighted by atomic mass is 79.9. The van der Waals surface area contributed by atoms with Gasteiger partial charge in [-0.2, -0.15) is 4.31 Å². The molecule has 0 bridgehead atoms. The van der Waals surface area contributed by atoms with E-state index in [4.69, 9.17) is 5.84 Å². The molecule has 0 heterocycles. The SMILES string of the molecule is CN(Cc1ccccc1Br)S(=O)(=O)c1ccccc1NN. The number of rotatable bonds is 5. The van der Waals surface area contributed by atoms with Crippen molar-refractivity contribution in [1.29, 1.82) is 0 Å². The van der Waals surface area contributed by atoms with Gasteiger partial charge in [0.05, 0.1) is 5.69 Å². The summed E-state index contributed by atoms with van der Waals surface area (Å²) in [6.07, 6.45) is 0. The van der Waals surface area contributed by atoms with Crippen LogP contribution in [0, 0.1) is 0 Å². The van der Waals surface area contributed by atoms with Crippen LogP contribution in [-0.2, 0) is 16.6 Å². The number of hydrazine groups is 1. The highest BCUT2D eigenvalue weighted by Gasteiger charge is 2.24. The molecule has 2 aromatic carbocycles. The molecule has 21 heavy (non-hydrogen) atoms. The number of halogens is 1. The summed E-state index contributed by atoms with van der Waals surface area (Å²) in [6, 6.07) is 14.1. The Kier molecular flexibility index (Phi) is 5.00. The van der Waals surface area contributed by atoms with E-state index in [1.54, 1.807) is 25.2 Å². The molecule has 0 unspecified atom stereocenters. The summed E-state index contributed by atoms with van der Waals surface area (Å²) in [5, 5.41) is 0. The number of hydrogen-bond donors (Lipinski definition) is 2. The van der Waals surface area contributed by atoms with Gasteiger partial charge in [-0.15, -0.1) is 0 Å². The quantitative estimate of drug-likeness (QED) is 0.627. The van der Waals surface area contributed by atoms with Crippen LogP contribution in [0.2, 0.25) is 0 Å². The molecule has 0 saturated heterocycles. The molecule has 0 fully saturated rings. The van der Waals surface area contributed by atoms with Gasteiger partial charge in [-0.25, -0.2) is 8.42 Å². The summed E-state index contributed by atoms with van der Waals surface area (Å²) < 4.78 is 27.5. The van der Waals surface area contributed by atoms with Crippen LogP contribution >= 0.6 is 15.9 Å². The Morgan fingerprint density at radius 1 is 1.14 bits per heavy atom. The minimum absolute atomic E-state index is 0.155. The van der Waals surface area contributed by atoms with Crippen LogP contribution in [0.15, 0.2) is 57.9 Å². The van der Waals surface area contributed by atoms with Crippen molar-refractivity contribution in [2.24, 2.45) is 5.84 Å². The monoisotopic (exact) mass is 369 g/mol. The molecule has 2 aromatic rings. The lowest BCUT2D eigenvalue weighted by Crippen LogP contribution is -2.28. The number of benzene rings is 2. The number of nitrogens with two attached hydrogens (primary N) is 1. The number of sulfonamides is 1. The molecule has 0 saturated carbocycles. The van der Waals surface area contributed by atoms with Crippen molar-refractivity contribution in [3.8, 4) is 0 Å². The van der Waals surface area contributed by atoms with Crippen molar-refractivity contribution >= 4 is 31.6 Å². The average molecular weight is 370 g/mol. The maximum absolute atomic E-state index is 12.6. The van der Waals surface area contributed by atoms with E-state index in [2.05, 4.69) is 21.4 Å². The Bertz CT molecular complexity index is 735. The van der Waals surface area contributed by atoms with Crippen LogP contribution in [0.1, 0.15) is 5.56 Å². The van der Waals surface area contributed by atoms with E-state index >= 15 is 0 Å². The Balaban J connectivity index is 2.33. The second-order valence-corrected chi connectivity index (χ2v) is 7.36. The molecule has 2 rings (SSSR count). The lowest BCUT2D eigenvalue weighted by Gasteiger charge is -2.19. The topological polar surface area (TPSA) is 75.4 Å². The van der Waals surface area contributed by atoms with Crippen LogP contribution in [0.4, 0.5) is 5.69 Å². The predicted molar refractivity (Wildman–Crippen MR) is 87.0 cm³/mol. The molecule has 0 amide bonds. The van der Waals surface area contributed by atoms with E-state index in [-0.39, 0.29) is 11.4 Å². The number of nitrogens with zero attached hydrogens (tertiary/aromatic N) is 1. The van der Waals surface area contributed by atoms with Crippen molar-refractivity contribution < 1.29 is 8.42 Å². The first-order valence-corrected chi connectivity index (χ1v) is 8.45. The summed E-state index contributed by atoms with van der Waals surface area (Å²) in [6.45, 7) is 0.267. The van der Waals surface area contributed by atoms with Gasteiger partial charge in [-0.1, -0.05) is 46.3 Å². The van der Waals surface area contributed by atoms with Gasteiger partial charge in [0.25, 0.3) is 0 Å². The van der Waals surface area contributed by atoms with E-state index in [0.717, 1.165) is 10.0 Å². The standard InChI is InChI=1S/C14H16BrN3O2S/c1-18(10-11-6-2-3-7-12(11)15)21(19,20)14-9-5-4-8-13(14)17-16/h2-9,17H,10,16H2,1H3. The van der Waals surface area contributed by atoms with E-state index in [1.807, 2.05) is 24.3 Å². The van der Waals surface area contributed by atoms with Crippen molar-refractivity contribution in [3.05, 3.63) is 58.6 Å². The largest absolute Gasteiger partial charge is 0.323 e. The lowest BCUT2D eigenvalue weighted by molar-refractivity contribution is 0.466. The molecule has 112 valence electrons. The Morgan fingerprint density at radius 3 is 2.43 bits per heavy atom. The van der Waals surface area contributed by atoms with Crippen molar-refractivity contribution in [2.75, 3.05) is 12.5 Å². The van der Waals surface area contributed by atoms with Gasteiger partial charge >= 0.3 is 0 Å². The van der Waals surface area contributed by atoms with Gasteiger partial charge in [0.1, 0.15) is 4.90 Å². The molecule has 0 aliphatic carbocycles. The van der Waals surface area contributed by atoms with Crippen molar-refractivity contribution in [1.82, 2.24) is 4.31 Å². The summed E-state index contributed by atoms with van der Waals surface area (Å²) in [4.78, 5) is 0.155.